The Hall–Kier alpha value is -0.0400. The molecule has 1 N–H and O–H groups in total. The zero-order chi connectivity index (χ0) is 11.8. The minimum atomic E-state index is 0.790. The van der Waals surface area contributed by atoms with E-state index in [0.29, 0.717) is 0 Å². The molecule has 1 aliphatic carbocycles. The summed E-state index contributed by atoms with van der Waals surface area (Å²) >= 11 is 0. The fourth-order valence-corrected chi connectivity index (χ4v) is 3.22. The maximum absolute atomic E-state index is 3.71. The molecule has 0 heterocycles. The molecule has 1 aliphatic rings. The standard InChI is InChI=1S/C15H31N/c1-4-13(5-2)11-15(16-6-3)12-14-9-7-8-10-14/h13-16H,4-12H2,1-3H3. The number of nitrogens with one attached hydrogen (secondary N) is 1. The summed E-state index contributed by atoms with van der Waals surface area (Å²) < 4.78 is 0. The highest BCUT2D eigenvalue weighted by atomic mass is 14.9. The van der Waals surface area contributed by atoms with Crippen molar-refractivity contribution in [2.45, 2.75) is 78.2 Å². The van der Waals surface area contributed by atoms with Crippen molar-refractivity contribution >= 4 is 0 Å². The van der Waals surface area contributed by atoms with Crippen LogP contribution in [0.1, 0.15) is 72.1 Å². The van der Waals surface area contributed by atoms with E-state index in [2.05, 4.69) is 26.1 Å². The second kappa shape index (κ2) is 8.11. The van der Waals surface area contributed by atoms with Crippen molar-refractivity contribution in [3.8, 4) is 0 Å². The Morgan fingerprint density at radius 2 is 1.69 bits per heavy atom. The molecule has 1 fully saturated rings. The van der Waals surface area contributed by atoms with Crippen LogP contribution in [0.5, 0.6) is 0 Å². The minimum Gasteiger partial charge on any atom is -0.314 e. The average molecular weight is 225 g/mol. The molecule has 1 rings (SSSR count). The highest BCUT2D eigenvalue weighted by Gasteiger charge is 2.21. The Labute approximate surface area is 102 Å². The third-order valence-electron chi connectivity index (χ3n) is 4.36. The summed E-state index contributed by atoms with van der Waals surface area (Å²) in [5, 5.41) is 3.71. The molecule has 0 saturated heterocycles. The van der Waals surface area contributed by atoms with E-state index in [1.165, 1.54) is 51.4 Å². The molecule has 1 nitrogen and oxygen atoms in total. The third kappa shape index (κ3) is 4.86. The van der Waals surface area contributed by atoms with Crippen LogP contribution in [0.15, 0.2) is 0 Å². The summed E-state index contributed by atoms with van der Waals surface area (Å²) in [5.41, 5.74) is 0. The molecule has 16 heavy (non-hydrogen) atoms. The molecule has 0 amide bonds. The number of hydrogen-bond donors (Lipinski definition) is 1. The molecular formula is C15H31N. The maximum atomic E-state index is 3.71. The second-order valence-corrected chi connectivity index (χ2v) is 5.56. The minimum absolute atomic E-state index is 0.790. The van der Waals surface area contributed by atoms with Crippen molar-refractivity contribution in [2.24, 2.45) is 11.8 Å². The first kappa shape index (κ1) is 14.0. The van der Waals surface area contributed by atoms with Gasteiger partial charge in [-0.05, 0) is 31.2 Å². The summed E-state index contributed by atoms with van der Waals surface area (Å²) in [4.78, 5) is 0. The van der Waals surface area contributed by atoms with E-state index in [1.54, 1.807) is 0 Å². The van der Waals surface area contributed by atoms with E-state index in [9.17, 15) is 0 Å². The van der Waals surface area contributed by atoms with Crippen molar-refractivity contribution in [3.05, 3.63) is 0 Å². The molecule has 0 aliphatic heterocycles. The summed E-state index contributed by atoms with van der Waals surface area (Å²) in [7, 11) is 0. The van der Waals surface area contributed by atoms with Crippen molar-refractivity contribution in [1.82, 2.24) is 5.32 Å². The van der Waals surface area contributed by atoms with Gasteiger partial charge in [0.1, 0.15) is 0 Å². The monoisotopic (exact) mass is 225 g/mol. The van der Waals surface area contributed by atoms with Gasteiger partial charge >= 0.3 is 0 Å². The van der Waals surface area contributed by atoms with Crippen LogP contribution in [-0.4, -0.2) is 12.6 Å². The molecule has 0 spiro atoms. The predicted octanol–water partition coefficient (Wildman–Crippen LogP) is 4.37. The summed E-state index contributed by atoms with van der Waals surface area (Å²) in [6.07, 6.45) is 11.5. The Balaban J connectivity index is 2.32. The van der Waals surface area contributed by atoms with Gasteiger partial charge in [-0.15, -0.1) is 0 Å². The highest BCUT2D eigenvalue weighted by molar-refractivity contribution is 4.77. The Kier molecular flexibility index (Phi) is 7.11. The van der Waals surface area contributed by atoms with Crippen molar-refractivity contribution in [3.63, 3.8) is 0 Å². The molecule has 1 saturated carbocycles. The predicted molar refractivity (Wildman–Crippen MR) is 72.7 cm³/mol. The first-order chi connectivity index (χ1) is 7.80. The molecule has 1 atom stereocenters. The van der Waals surface area contributed by atoms with Gasteiger partial charge in [-0.25, -0.2) is 0 Å². The fourth-order valence-electron chi connectivity index (χ4n) is 3.22. The second-order valence-electron chi connectivity index (χ2n) is 5.56. The molecule has 1 unspecified atom stereocenters. The van der Waals surface area contributed by atoms with E-state index in [0.717, 1.165) is 24.4 Å². The molecule has 0 aromatic heterocycles. The molecule has 0 aromatic rings. The van der Waals surface area contributed by atoms with Crippen LogP contribution in [0.25, 0.3) is 0 Å². The van der Waals surface area contributed by atoms with Crippen LogP contribution in [0.2, 0.25) is 0 Å². The molecule has 0 radical (unpaired) electrons. The van der Waals surface area contributed by atoms with Crippen LogP contribution in [-0.2, 0) is 0 Å². The summed E-state index contributed by atoms with van der Waals surface area (Å²) in [6, 6.07) is 0.790. The molecule has 0 bridgehead atoms. The molecule has 96 valence electrons. The first-order valence-electron chi connectivity index (χ1n) is 7.53. The van der Waals surface area contributed by atoms with Crippen LogP contribution < -0.4 is 5.32 Å². The lowest BCUT2D eigenvalue weighted by molar-refractivity contribution is 0.316. The highest BCUT2D eigenvalue weighted by Crippen LogP contribution is 2.30. The van der Waals surface area contributed by atoms with Gasteiger partial charge in [0.15, 0.2) is 0 Å². The van der Waals surface area contributed by atoms with Gasteiger partial charge in [0.25, 0.3) is 0 Å². The van der Waals surface area contributed by atoms with E-state index < -0.39 is 0 Å². The van der Waals surface area contributed by atoms with Crippen LogP contribution in [0.4, 0.5) is 0 Å². The lowest BCUT2D eigenvalue weighted by atomic mass is 9.89. The SMILES string of the molecule is CCNC(CC(CC)CC)CC1CCCC1. The fraction of sp³-hybridized carbons (Fsp3) is 1.00. The Morgan fingerprint density at radius 1 is 1.06 bits per heavy atom. The van der Waals surface area contributed by atoms with Crippen molar-refractivity contribution in [2.75, 3.05) is 6.54 Å². The number of rotatable bonds is 8. The van der Waals surface area contributed by atoms with Crippen molar-refractivity contribution < 1.29 is 0 Å². The van der Waals surface area contributed by atoms with Crippen molar-refractivity contribution in [1.29, 1.82) is 0 Å². The van der Waals surface area contributed by atoms with Gasteiger partial charge in [-0.3, -0.25) is 0 Å². The molecule has 0 aromatic carbocycles. The van der Waals surface area contributed by atoms with Gasteiger partial charge in [-0.2, -0.15) is 0 Å². The Bertz CT molecular complexity index is 153. The largest absolute Gasteiger partial charge is 0.314 e. The van der Waals surface area contributed by atoms with Gasteiger partial charge in [-0.1, -0.05) is 59.3 Å². The lowest BCUT2D eigenvalue weighted by Gasteiger charge is -2.25. The van der Waals surface area contributed by atoms with E-state index >= 15 is 0 Å². The lowest BCUT2D eigenvalue weighted by Crippen LogP contribution is -2.32. The maximum Gasteiger partial charge on any atom is 0.00722 e. The summed E-state index contributed by atoms with van der Waals surface area (Å²) in [6.45, 7) is 8.06. The first-order valence-corrected chi connectivity index (χ1v) is 7.53. The van der Waals surface area contributed by atoms with Gasteiger partial charge in [0.2, 0.25) is 0 Å². The van der Waals surface area contributed by atoms with Crippen LogP contribution >= 0.6 is 0 Å². The van der Waals surface area contributed by atoms with E-state index in [-0.39, 0.29) is 0 Å². The zero-order valence-electron chi connectivity index (χ0n) is 11.6. The quantitative estimate of drug-likeness (QED) is 0.647. The van der Waals surface area contributed by atoms with Gasteiger partial charge < -0.3 is 5.32 Å². The normalized spacial score (nSPS) is 19.5. The van der Waals surface area contributed by atoms with E-state index in [4.69, 9.17) is 0 Å². The van der Waals surface area contributed by atoms with Crippen LogP contribution in [0.3, 0.4) is 0 Å². The number of hydrogen-bond acceptors (Lipinski definition) is 1. The smallest absolute Gasteiger partial charge is 0.00722 e. The topological polar surface area (TPSA) is 12.0 Å². The molecule has 1 heteroatoms. The van der Waals surface area contributed by atoms with Gasteiger partial charge in [0.05, 0.1) is 0 Å². The molecular weight excluding hydrogens is 194 g/mol. The third-order valence-corrected chi connectivity index (χ3v) is 4.36. The zero-order valence-corrected chi connectivity index (χ0v) is 11.6. The Morgan fingerprint density at radius 3 is 2.19 bits per heavy atom. The summed E-state index contributed by atoms with van der Waals surface area (Å²) in [5.74, 6) is 1.96. The average Bonchev–Trinajstić information content (AvgIpc) is 2.78. The van der Waals surface area contributed by atoms with Gasteiger partial charge in [0, 0.05) is 6.04 Å². The van der Waals surface area contributed by atoms with Crippen LogP contribution in [0, 0.1) is 11.8 Å². The van der Waals surface area contributed by atoms with E-state index in [1.807, 2.05) is 0 Å².